The van der Waals surface area contributed by atoms with Crippen LogP contribution in [0.4, 0.5) is 0 Å². The molecule has 0 aromatic heterocycles. The summed E-state index contributed by atoms with van der Waals surface area (Å²) in [6.45, 7) is 0.967. The maximum absolute atomic E-state index is 12.7. The fourth-order valence-electron chi connectivity index (χ4n) is 5.22. The minimum Gasteiger partial charge on any atom is -0.493 e. The van der Waals surface area contributed by atoms with Crippen LogP contribution in [0.25, 0.3) is 0 Å². The van der Waals surface area contributed by atoms with E-state index in [9.17, 15) is 4.79 Å². The minimum atomic E-state index is -0.451. The van der Waals surface area contributed by atoms with Gasteiger partial charge in [0.1, 0.15) is 0 Å². The van der Waals surface area contributed by atoms with E-state index in [-0.39, 0.29) is 15.5 Å². The van der Waals surface area contributed by atoms with Gasteiger partial charge in [-0.25, -0.2) is 0 Å². The average Bonchev–Trinajstić information content (AvgIpc) is 2.90. The molecule has 4 atom stereocenters. The fraction of sp³-hybridized carbons (Fsp3) is 0.500. The number of likely N-dealkylation sites (tertiary alicyclic amines) is 1. The van der Waals surface area contributed by atoms with Gasteiger partial charge < -0.3 is 14.4 Å². The molecular weight excluding hydrogens is 358 g/mol. The predicted octanol–water partition coefficient (Wildman–Crippen LogP) is 2.23. The highest BCUT2D eigenvalue weighted by molar-refractivity contribution is 9.10. The first-order valence-electron chi connectivity index (χ1n) is 8.02. The largest absolute Gasteiger partial charge is 0.493 e. The number of piperidine rings is 1. The molecule has 1 aromatic carbocycles. The van der Waals surface area contributed by atoms with Crippen molar-refractivity contribution in [2.24, 2.45) is 0 Å². The smallest absolute Gasteiger partial charge is 0.196 e. The summed E-state index contributed by atoms with van der Waals surface area (Å²) in [5, 5.41) is 0. The topological polar surface area (TPSA) is 38.8 Å². The van der Waals surface area contributed by atoms with Crippen molar-refractivity contribution >= 4 is 21.7 Å². The number of carbonyl (C=O) groups excluding carboxylic acids is 1. The second-order valence-electron chi connectivity index (χ2n) is 7.05. The van der Waals surface area contributed by atoms with Crippen LogP contribution in [0, 0.1) is 0 Å². The van der Waals surface area contributed by atoms with Crippen LogP contribution in [0.3, 0.4) is 0 Å². The van der Waals surface area contributed by atoms with E-state index in [2.05, 4.69) is 40.0 Å². The van der Waals surface area contributed by atoms with Crippen molar-refractivity contribution in [1.82, 2.24) is 4.90 Å². The third-order valence-corrected chi connectivity index (χ3v) is 7.78. The van der Waals surface area contributed by atoms with Crippen LogP contribution in [0.5, 0.6) is 11.5 Å². The van der Waals surface area contributed by atoms with Crippen LogP contribution >= 0.6 is 15.9 Å². The van der Waals surface area contributed by atoms with Crippen LogP contribution in [-0.4, -0.2) is 47.9 Å². The molecule has 0 N–H and O–H groups in total. The lowest BCUT2D eigenvalue weighted by molar-refractivity contribution is -0.126. The maximum atomic E-state index is 12.7. The van der Waals surface area contributed by atoms with Gasteiger partial charge >= 0.3 is 0 Å². The molecule has 0 radical (unpaired) electrons. The van der Waals surface area contributed by atoms with Crippen molar-refractivity contribution < 1.29 is 14.3 Å². The van der Waals surface area contributed by atoms with E-state index in [1.165, 1.54) is 11.1 Å². The summed E-state index contributed by atoms with van der Waals surface area (Å²) in [7, 11) is 3.83. The molecule has 2 aliphatic carbocycles. The molecule has 1 saturated heterocycles. The molecule has 23 heavy (non-hydrogen) atoms. The summed E-state index contributed by atoms with van der Waals surface area (Å²) >= 11 is 4.06. The van der Waals surface area contributed by atoms with Crippen molar-refractivity contribution in [2.75, 3.05) is 20.7 Å². The first-order chi connectivity index (χ1) is 11.0. The number of hydrogen-bond acceptors (Lipinski definition) is 4. The van der Waals surface area contributed by atoms with Gasteiger partial charge in [-0.05, 0) is 44.1 Å². The van der Waals surface area contributed by atoms with Crippen LogP contribution in [0.15, 0.2) is 24.3 Å². The minimum absolute atomic E-state index is 0.0643. The van der Waals surface area contributed by atoms with Crippen LogP contribution in [-0.2, 0) is 16.6 Å². The quantitative estimate of drug-likeness (QED) is 0.705. The first-order valence-corrected chi connectivity index (χ1v) is 8.81. The SMILES string of the molecule is COc1ccc2c3c1O[C@H]1C(=O)C=C[C@@]4(Br)[C@@H](C2)N(C)CC[C@]314. The number of rotatable bonds is 1. The predicted molar refractivity (Wildman–Crippen MR) is 89.6 cm³/mol. The molecule has 1 fully saturated rings. The highest BCUT2D eigenvalue weighted by Crippen LogP contribution is 2.66. The summed E-state index contributed by atoms with van der Waals surface area (Å²) in [5.41, 5.74) is 2.16. The number of methoxy groups -OCH3 is 1. The molecule has 4 nitrogen and oxygen atoms in total. The van der Waals surface area contributed by atoms with Crippen molar-refractivity contribution in [3.05, 3.63) is 35.4 Å². The number of likely N-dealkylation sites (N-methyl/N-ethyl adjacent to an activating group) is 1. The van der Waals surface area contributed by atoms with Crippen molar-refractivity contribution in [2.45, 2.75) is 34.7 Å². The molecule has 1 aromatic rings. The normalized spacial score (nSPS) is 39.9. The zero-order valence-electron chi connectivity index (χ0n) is 13.1. The third-order valence-electron chi connectivity index (χ3n) is 6.28. The maximum Gasteiger partial charge on any atom is 0.196 e. The lowest BCUT2D eigenvalue weighted by Crippen LogP contribution is -2.72. The van der Waals surface area contributed by atoms with Gasteiger partial charge in [0.15, 0.2) is 23.4 Å². The Morgan fingerprint density at radius 2 is 2.26 bits per heavy atom. The number of hydrogen-bond donors (Lipinski definition) is 0. The number of benzene rings is 1. The fourth-order valence-corrected chi connectivity index (χ4v) is 6.47. The molecule has 0 unspecified atom stereocenters. The molecular formula is C18H18BrNO3. The van der Waals surface area contributed by atoms with E-state index in [4.69, 9.17) is 9.47 Å². The van der Waals surface area contributed by atoms with E-state index in [1.807, 2.05) is 6.07 Å². The molecule has 2 aliphatic heterocycles. The molecule has 2 heterocycles. The van der Waals surface area contributed by atoms with Crippen molar-refractivity contribution in [1.29, 1.82) is 0 Å². The Morgan fingerprint density at radius 3 is 3.04 bits per heavy atom. The van der Waals surface area contributed by atoms with Gasteiger partial charge in [0.2, 0.25) is 0 Å². The van der Waals surface area contributed by atoms with Crippen LogP contribution in [0.2, 0.25) is 0 Å². The van der Waals surface area contributed by atoms with Gasteiger partial charge in [-0.3, -0.25) is 4.79 Å². The molecule has 5 rings (SSSR count). The molecule has 1 spiro atoms. The van der Waals surface area contributed by atoms with Gasteiger partial charge in [-0.2, -0.15) is 0 Å². The van der Waals surface area contributed by atoms with Crippen molar-refractivity contribution in [3.8, 4) is 11.5 Å². The summed E-state index contributed by atoms with van der Waals surface area (Å²) in [5.74, 6) is 1.57. The van der Waals surface area contributed by atoms with E-state index in [1.54, 1.807) is 13.2 Å². The summed E-state index contributed by atoms with van der Waals surface area (Å²) < 4.78 is 11.5. The molecule has 5 heteroatoms. The number of nitrogens with zero attached hydrogens (tertiary/aromatic N) is 1. The lowest BCUT2D eigenvalue weighted by Gasteiger charge is -2.60. The average molecular weight is 376 g/mol. The Kier molecular flexibility index (Phi) is 2.56. The molecule has 0 saturated carbocycles. The Hall–Kier alpha value is -1.33. The van der Waals surface area contributed by atoms with Crippen LogP contribution in [0.1, 0.15) is 17.5 Å². The van der Waals surface area contributed by atoms with Gasteiger partial charge in [0, 0.05) is 11.6 Å². The van der Waals surface area contributed by atoms with Gasteiger partial charge in [-0.1, -0.05) is 28.1 Å². The number of alkyl halides is 1. The number of ether oxygens (including phenoxy) is 2. The monoisotopic (exact) mass is 375 g/mol. The van der Waals surface area contributed by atoms with Crippen molar-refractivity contribution in [3.63, 3.8) is 0 Å². The molecule has 120 valence electrons. The number of ketones is 1. The Morgan fingerprint density at radius 1 is 1.43 bits per heavy atom. The highest BCUT2D eigenvalue weighted by Gasteiger charge is 2.71. The highest BCUT2D eigenvalue weighted by atomic mass is 79.9. The van der Waals surface area contributed by atoms with E-state index in [0.717, 1.165) is 30.9 Å². The second-order valence-corrected chi connectivity index (χ2v) is 8.37. The molecule has 2 bridgehead atoms. The second kappa shape index (κ2) is 4.19. The van der Waals surface area contributed by atoms with Gasteiger partial charge in [0.05, 0.1) is 16.8 Å². The van der Waals surface area contributed by atoms with Gasteiger partial charge in [-0.15, -0.1) is 0 Å². The van der Waals surface area contributed by atoms with Gasteiger partial charge in [0.25, 0.3) is 0 Å². The molecule has 0 amide bonds. The summed E-state index contributed by atoms with van der Waals surface area (Å²) in [6.07, 6.45) is 5.18. The number of halogens is 1. The van der Waals surface area contributed by atoms with Crippen LogP contribution < -0.4 is 9.47 Å². The Bertz CT molecular complexity index is 776. The lowest BCUT2D eigenvalue weighted by atomic mass is 9.53. The van der Waals surface area contributed by atoms with E-state index in [0.29, 0.717) is 6.04 Å². The third kappa shape index (κ3) is 1.36. The number of carbonyl (C=O) groups is 1. The zero-order valence-corrected chi connectivity index (χ0v) is 14.7. The zero-order chi connectivity index (χ0) is 16.0. The standard InChI is InChI=1S/C18H18BrNO3/c1-20-8-7-17-14-10-3-4-12(22-2)15(14)23-16(17)11(21)5-6-18(17,19)13(20)9-10/h3-6,13,16H,7-9H2,1-2H3/t13-,16+,17+,18-/m1/s1. The van der Waals surface area contributed by atoms with E-state index < -0.39 is 6.10 Å². The molecule has 4 aliphatic rings. The Balaban J connectivity index is 1.89. The first kappa shape index (κ1) is 14.1. The Labute approximate surface area is 143 Å². The summed E-state index contributed by atoms with van der Waals surface area (Å²) in [6, 6.07) is 4.43. The van der Waals surface area contributed by atoms with E-state index >= 15 is 0 Å². The summed E-state index contributed by atoms with van der Waals surface area (Å²) in [4.78, 5) is 15.1.